The van der Waals surface area contributed by atoms with E-state index >= 15 is 0 Å². The molecule has 0 saturated carbocycles. The fraction of sp³-hybridized carbons (Fsp3) is 0.263. The molecule has 2 heterocycles. The lowest BCUT2D eigenvalue weighted by Crippen LogP contribution is -2.42. The van der Waals surface area contributed by atoms with Crippen molar-refractivity contribution in [2.75, 3.05) is 7.05 Å². The van der Waals surface area contributed by atoms with Crippen molar-refractivity contribution in [1.29, 1.82) is 0 Å². The molecule has 2 amide bonds. The molecule has 0 radical (unpaired) electrons. The Morgan fingerprint density at radius 3 is 2.21 bits per heavy atom. The number of hydrazine groups is 1. The van der Waals surface area contributed by atoms with Gasteiger partial charge in [-0.15, -0.1) is 0 Å². The Kier molecular flexibility index (Phi) is 3.67. The van der Waals surface area contributed by atoms with Gasteiger partial charge in [0, 0.05) is 7.05 Å². The van der Waals surface area contributed by atoms with Crippen molar-refractivity contribution in [1.82, 2.24) is 15.3 Å². The lowest BCUT2D eigenvalue weighted by molar-refractivity contribution is -0.142. The molecule has 122 valence electrons. The number of nitrogens with zero attached hydrogens (tertiary/aromatic N) is 2. The number of carbonyl (C=O) groups excluding carboxylic acids is 2. The molecular weight excluding hydrogens is 302 g/mol. The summed E-state index contributed by atoms with van der Waals surface area (Å²) in [5, 5.41) is 1.79. The van der Waals surface area contributed by atoms with Gasteiger partial charge < -0.3 is 0 Å². The molecule has 2 aliphatic rings. The number of hydrogen-bond donors (Lipinski definition) is 1. The first kappa shape index (κ1) is 15.1. The number of imide groups is 1. The zero-order valence-electron chi connectivity index (χ0n) is 13.4. The highest BCUT2D eigenvalue weighted by atomic mass is 16.2. The average molecular weight is 321 g/mol. The van der Waals surface area contributed by atoms with Crippen LogP contribution in [-0.4, -0.2) is 34.8 Å². The van der Waals surface area contributed by atoms with E-state index in [1.807, 2.05) is 67.7 Å². The molecular formula is C19H19N3O2. The second-order valence-corrected chi connectivity index (χ2v) is 6.35. The van der Waals surface area contributed by atoms with Crippen LogP contribution in [0.4, 0.5) is 0 Å². The van der Waals surface area contributed by atoms with Crippen molar-refractivity contribution >= 4 is 11.8 Å². The van der Waals surface area contributed by atoms with Gasteiger partial charge >= 0.3 is 0 Å². The molecule has 2 aromatic rings. The zero-order chi connectivity index (χ0) is 16.7. The summed E-state index contributed by atoms with van der Waals surface area (Å²) in [5.74, 6) is -0.601. The van der Waals surface area contributed by atoms with Gasteiger partial charge in [0.15, 0.2) is 0 Å². The first-order valence-corrected chi connectivity index (χ1v) is 8.10. The predicted octanol–water partition coefficient (Wildman–Crippen LogP) is 1.73. The number of likely N-dealkylation sites (N-methyl/N-ethyl adjacent to an activating group) is 1. The molecule has 1 N–H and O–H groups in total. The molecule has 0 unspecified atom stereocenters. The summed E-state index contributed by atoms with van der Waals surface area (Å²) in [5.41, 5.74) is 5.27. The van der Waals surface area contributed by atoms with Crippen LogP contribution < -0.4 is 5.43 Å². The topological polar surface area (TPSA) is 52.7 Å². The van der Waals surface area contributed by atoms with Crippen LogP contribution in [0, 0.1) is 5.92 Å². The normalized spacial score (nSPS) is 26.9. The SMILES string of the molecule is CN1N[C@H](c2ccccc2)[C@@H]2C(=O)N(Cc3ccccc3)C(=O)[C@H]21. The van der Waals surface area contributed by atoms with Gasteiger partial charge in [-0.2, -0.15) is 0 Å². The molecule has 2 aromatic carbocycles. The average Bonchev–Trinajstić information content (AvgIpc) is 3.08. The second-order valence-electron chi connectivity index (χ2n) is 6.35. The number of amides is 2. The molecule has 4 rings (SSSR count). The van der Waals surface area contributed by atoms with E-state index in [-0.39, 0.29) is 23.8 Å². The van der Waals surface area contributed by atoms with Crippen molar-refractivity contribution < 1.29 is 9.59 Å². The van der Waals surface area contributed by atoms with E-state index in [0.29, 0.717) is 6.54 Å². The van der Waals surface area contributed by atoms with Gasteiger partial charge in [0.2, 0.25) is 11.8 Å². The van der Waals surface area contributed by atoms with Gasteiger partial charge in [0.25, 0.3) is 0 Å². The van der Waals surface area contributed by atoms with Crippen molar-refractivity contribution in [2.24, 2.45) is 5.92 Å². The van der Waals surface area contributed by atoms with Gasteiger partial charge in [-0.25, -0.2) is 10.4 Å². The smallest absolute Gasteiger partial charge is 0.249 e. The van der Waals surface area contributed by atoms with Crippen LogP contribution in [0.5, 0.6) is 0 Å². The summed E-state index contributed by atoms with van der Waals surface area (Å²) in [6.45, 7) is 0.334. The zero-order valence-corrected chi connectivity index (χ0v) is 13.4. The minimum atomic E-state index is -0.439. The van der Waals surface area contributed by atoms with Crippen LogP contribution >= 0.6 is 0 Å². The maximum Gasteiger partial charge on any atom is 0.249 e. The lowest BCUT2D eigenvalue weighted by atomic mass is 9.91. The summed E-state index contributed by atoms with van der Waals surface area (Å²) >= 11 is 0. The van der Waals surface area contributed by atoms with Gasteiger partial charge in [0.1, 0.15) is 6.04 Å². The Morgan fingerprint density at radius 1 is 0.917 bits per heavy atom. The van der Waals surface area contributed by atoms with Crippen LogP contribution in [0.2, 0.25) is 0 Å². The summed E-state index contributed by atoms with van der Waals surface area (Å²) < 4.78 is 0. The Bertz CT molecular complexity index is 763. The molecule has 2 fully saturated rings. The number of rotatable bonds is 3. The highest BCUT2D eigenvalue weighted by molar-refractivity contribution is 6.07. The Hall–Kier alpha value is -2.50. The van der Waals surface area contributed by atoms with Crippen molar-refractivity contribution in [2.45, 2.75) is 18.6 Å². The number of nitrogens with one attached hydrogen (secondary N) is 1. The Balaban J connectivity index is 1.64. The minimum absolute atomic E-state index is 0.0976. The van der Waals surface area contributed by atoms with E-state index in [1.165, 1.54) is 4.90 Å². The van der Waals surface area contributed by atoms with E-state index in [4.69, 9.17) is 0 Å². The monoisotopic (exact) mass is 321 g/mol. The highest BCUT2D eigenvalue weighted by Gasteiger charge is 2.57. The quantitative estimate of drug-likeness (QED) is 0.875. The number of benzene rings is 2. The molecule has 3 atom stereocenters. The first-order valence-electron chi connectivity index (χ1n) is 8.10. The summed E-state index contributed by atoms with van der Waals surface area (Å²) in [6, 6.07) is 18.9. The van der Waals surface area contributed by atoms with Crippen LogP contribution in [0.1, 0.15) is 17.2 Å². The standard InChI is InChI=1S/C19H19N3O2/c1-21-17-15(16(20-21)14-10-6-3-7-11-14)18(23)22(19(17)24)12-13-8-4-2-5-9-13/h2-11,15-17,20H,12H2,1H3/t15-,16+,17-/m0/s1. The number of likely N-dealkylation sites (tertiary alicyclic amines) is 1. The largest absolute Gasteiger partial charge is 0.276 e. The molecule has 5 nitrogen and oxygen atoms in total. The molecule has 2 saturated heterocycles. The summed E-state index contributed by atoms with van der Waals surface area (Å²) in [7, 11) is 1.83. The fourth-order valence-corrected chi connectivity index (χ4v) is 3.71. The maximum absolute atomic E-state index is 13.0. The number of carbonyl (C=O) groups is 2. The maximum atomic E-state index is 13.0. The van der Waals surface area contributed by atoms with Crippen LogP contribution in [0.25, 0.3) is 0 Å². The highest BCUT2D eigenvalue weighted by Crippen LogP contribution is 2.39. The van der Waals surface area contributed by atoms with E-state index in [0.717, 1.165) is 11.1 Å². The number of hydrogen-bond acceptors (Lipinski definition) is 4. The van der Waals surface area contributed by atoms with Gasteiger partial charge in [0.05, 0.1) is 18.5 Å². The van der Waals surface area contributed by atoms with Crippen molar-refractivity contribution in [3.05, 3.63) is 71.8 Å². The van der Waals surface area contributed by atoms with Crippen molar-refractivity contribution in [3.8, 4) is 0 Å². The van der Waals surface area contributed by atoms with Gasteiger partial charge in [-0.1, -0.05) is 60.7 Å². The predicted molar refractivity (Wildman–Crippen MR) is 89.4 cm³/mol. The third kappa shape index (κ3) is 2.33. The molecule has 0 spiro atoms. The summed E-state index contributed by atoms with van der Waals surface area (Å²) in [6.07, 6.45) is 0. The third-order valence-electron chi connectivity index (χ3n) is 4.87. The van der Waals surface area contributed by atoms with E-state index in [2.05, 4.69) is 5.43 Å². The van der Waals surface area contributed by atoms with Gasteiger partial charge in [-0.3, -0.25) is 14.5 Å². The van der Waals surface area contributed by atoms with E-state index in [1.54, 1.807) is 5.01 Å². The number of fused-ring (bicyclic) bond motifs is 1. The molecule has 5 heteroatoms. The molecule has 24 heavy (non-hydrogen) atoms. The molecule has 0 aliphatic carbocycles. The second kappa shape index (κ2) is 5.85. The first-order chi connectivity index (χ1) is 11.7. The lowest BCUT2D eigenvalue weighted by Gasteiger charge is -2.22. The van der Waals surface area contributed by atoms with E-state index < -0.39 is 6.04 Å². The Morgan fingerprint density at radius 2 is 1.54 bits per heavy atom. The molecule has 0 aromatic heterocycles. The molecule has 0 bridgehead atoms. The van der Waals surface area contributed by atoms with E-state index in [9.17, 15) is 9.59 Å². The third-order valence-corrected chi connectivity index (χ3v) is 4.87. The Labute approximate surface area is 140 Å². The summed E-state index contributed by atoms with van der Waals surface area (Å²) in [4.78, 5) is 27.2. The van der Waals surface area contributed by atoms with Crippen molar-refractivity contribution in [3.63, 3.8) is 0 Å². The van der Waals surface area contributed by atoms with Crippen LogP contribution in [-0.2, 0) is 16.1 Å². The molecule has 2 aliphatic heterocycles. The fourth-order valence-electron chi connectivity index (χ4n) is 3.71. The van der Waals surface area contributed by atoms with Gasteiger partial charge in [-0.05, 0) is 11.1 Å². The van der Waals surface area contributed by atoms with Crippen LogP contribution in [0.3, 0.4) is 0 Å². The van der Waals surface area contributed by atoms with Crippen LogP contribution in [0.15, 0.2) is 60.7 Å². The minimum Gasteiger partial charge on any atom is -0.276 e.